The molecule has 3 rings (SSSR count). The number of benzene rings is 1. The Hall–Kier alpha value is -2.37. The molecule has 6 nitrogen and oxygen atoms in total. The molecule has 2 fully saturated rings. The third-order valence-electron chi connectivity index (χ3n) is 7.24. The molecule has 0 radical (unpaired) electrons. The van der Waals surface area contributed by atoms with E-state index in [1.54, 1.807) is 16.8 Å². The molecule has 1 heterocycles. The van der Waals surface area contributed by atoms with Crippen molar-refractivity contribution in [2.45, 2.75) is 91.1 Å². The number of hydrogen-bond donors (Lipinski definition) is 1. The van der Waals surface area contributed by atoms with E-state index in [0.717, 1.165) is 42.5 Å². The Morgan fingerprint density at radius 2 is 1.62 bits per heavy atom. The van der Waals surface area contributed by atoms with E-state index in [9.17, 15) is 14.4 Å². The third-order valence-corrected chi connectivity index (χ3v) is 7.24. The van der Waals surface area contributed by atoms with Crippen molar-refractivity contribution in [1.29, 1.82) is 0 Å². The summed E-state index contributed by atoms with van der Waals surface area (Å²) in [7, 11) is 1.76. The third kappa shape index (κ3) is 4.55. The average molecular weight is 442 g/mol. The monoisotopic (exact) mass is 441 g/mol. The van der Waals surface area contributed by atoms with E-state index in [2.05, 4.69) is 5.32 Å². The molecule has 1 saturated carbocycles. The zero-order valence-electron chi connectivity index (χ0n) is 20.6. The normalized spacial score (nSPS) is 20.7. The van der Waals surface area contributed by atoms with Gasteiger partial charge in [0.1, 0.15) is 11.6 Å². The van der Waals surface area contributed by atoms with Gasteiger partial charge in [-0.1, -0.05) is 58.2 Å². The minimum atomic E-state index is -0.886. The number of hydrogen-bond acceptors (Lipinski definition) is 3. The molecule has 32 heavy (non-hydrogen) atoms. The van der Waals surface area contributed by atoms with E-state index in [1.807, 2.05) is 52.8 Å². The predicted octanol–water partition coefficient (Wildman–Crippen LogP) is 4.44. The topological polar surface area (TPSA) is 69.7 Å². The van der Waals surface area contributed by atoms with Gasteiger partial charge in [0.2, 0.25) is 17.7 Å². The maximum absolute atomic E-state index is 13.7. The number of nitrogens with one attached hydrogen (secondary N) is 1. The zero-order valence-corrected chi connectivity index (χ0v) is 20.6. The SMILES string of the molecule is Cc1cccc(C)c1NC(=O)C1(N(C)C(=O)C2CCCN2C(=O)C(C)(C)C)CCCCC1. The highest BCUT2D eigenvalue weighted by Gasteiger charge is 2.49. The summed E-state index contributed by atoms with van der Waals surface area (Å²) in [5.41, 5.74) is 1.42. The molecule has 1 aromatic rings. The van der Waals surface area contributed by atoms with Crippen molar-refractivity contribution >= 4 is 23.4 Å². The van der Waals surface area contributed by atoms with Gasteiger partial charge in [-0.3, -0.25) is 14.4 Å². The lowest BCUT2D eigenvalue weighted by Crippen LogP contribution is -2.62. The van der Waals surface area contributed by atoms with Crippen LogP contribution in [-0.2, 0) is 14.4 Å². The lowest BCUT2D eigenvalue weighted by Gasteiger charge is -2.45. The lowest BCUT2D eigenvalue weighted by atomic mass is 9.79. The Morgan fingerprint density at radius 1 is 1.03 bits per heavy atom. The molecular weight excluding hydrogens is 402 g/mol. The molecule has 1 atom stereocenters. The number of amides is 3. The Balaban J connectivity index is 1.88. The van der Waals surface area contributed by atoms with Crippen LogP contribution in [0.1, 0.15) is 76.8 Å². The van der Waals surface area contributed by atoms with Crippen LogP contribution < -0.4 is 5.32 Å². The fourth-order valence-corrected chi connectivity index (χ4v) is 5.22. The summed E-state index contributed by atoms with van der Waals surface area (Å²) in [5.74, 6) is -0.227. The second kappa shape index (κ2) is 9.24. The van der Waals surface area contributed by atoms with Gasteiger partial charge in [-0.15, -0.1) is 0 Å². The molecule has 1 unspecified atom stereocenters. The number of nitrogens with zero attached hydrogens (tertiary/aromatic N) is 2. The number of carbonyl (C=O) groups is 3. The maximum Gasteiger partial charge on any atom is 0.250 e. The molecule has 1 aliphatic heterocycles. The summed E-state index contributed by atoms with van der Waals surface area (Å²) in [4.78, 5) is 43.9. The highest BCUT2D eigenvalue weighted by Crippen LogP contribution is 2.37. The van der Waals surface area contributed by atoms with Gasteiger partial charge < -0.3 is 15.1 Å². The van der Waals surface area contributed by atoms with Crippen LogP contribution in [0.3, 0.4) is 0 Å². The van der Waals surface area contributed by atoms with Crippen molar-refractivity contribution in [3.05, 3.63) is 29.3 Å². The first-order valence-electron chi connectivity index (χ1n) is 12.0. The van der Waals surface area contributed by atoms with Gasteiger partial charge in [0.25, 0.3) is 0 Å². The quantitative estimate of drug-likeness (QED) is 0.751. The van der Waals surface area contributed by atoms with Gasteiger partial charge in [-0.2, -0.15) is 0 Å². The van der Waals surface area contributed by atoms with E-state index in [-0.39, 0.29) is 17.7 Å². The van der Waals surface area contributed by atoms with Crippen molar-refractivity contribution in [2.24, 2.45) is 5.41 Å². The Kier molecular flexibility index (Phi) is 7.01. The lowest BCUT2D eigenvalue weighted by molar-refractivity contribution is -0.154. The van der Waals surface area contributed by atoms with Crippen molar-refractivity contribution in [3.63, 3.8) is 0 Å². The summed E-state index contributed by atoms with van der Waals surface area (Å²) < 4.78 is 0. The van der Waals surface area contributed by atoms with Gasteiger partial charge in [0, 0.05) is 24.7 Å². The summed E-state index contributed by atoms with van der Waals surface area (Å²) in [6.07, 6.45) is 5.64. The second-order valence-electron chi connectivity index (χ2n) is 10.6. The van der Waals surface area contributed by atoms with Crippen molar-refractivity contribution in [3.8, 4) is 0 Å². The van der Waals surface area contributed by atoms with Gasteiger partial charge in [0.05, 0.1) is 0 Å². The first-order valence-corrected chi connectivity index (χ1v) is 12.0. The molecule has 6 heteroatoms. The molecule has 1 N–H and O–H groups in total. The van der Waals surface area contributed by atoms with Crippen LogP contribution in [0, 0.1) is 19.3 Å². The van der Waals surface area contributed by atoms with Gasteiger partial charge in [-0.05, 0) is 50.7 Å². The van der Waals surface area contributed by atoms with Crippen LogP contribution in [0.5, 0.6) is 0 Å². The number of carbonyl (C=O) groups excluding carboxylic acids is 3. The first kappa shape index (κ1) is 24.3. The highest BCUT2D eigenvalue weighted by molar-refractivity contribution is 6.02. The summed E-state index contributed by atoms with van der Waals surface area (Å²) in [6.45, 7) is 10.2. The number of anilines is 1. The van der Waals surface area contributed by atoms with Crippen LogP contribution in [0.2, 0.25) is 0 Å². The van der Waals surface area contributed by atoms with E-state index >= 15 is 0 Å². The summed E-state index contributed by atoms with van der Waals surface area (Å²) in [6, 6.07) is 5.46. The van der Waals surface area contributed by atoms with Gasteiger partial charge in [0.15, 0.2) is 0 Å². The van der Waals surface area contributed by atoms with Crippen LogP contribution in [0.25, 0.3) is 0 Å². The fraction of sp³-hybridized carbons (Fsp3) is 0.654. The first-order chi connectivity index (χ1) is 15.0. The molecule has 1 aromatic carbocycles. The van der Waals surface area contributed by atoms with Crippen LogP contribution >= 0.6 is 0 Å². The predicted molar refractivity (Wildman–Crippen MR) is 127 cm³/mol. The van der Waals surface area contributed by atoms with Gasteiger partial charge in [-0.25, -0.2) is 0 Å². The maximum atomic E-state index is 13.7. The Bertz CT molecular complexity index is 861. The number of rotatable bonds is 4. The van der Waals surface area contributed by atoms with E-state index in [1.165, 1.54) is 0 Å². The smallest absolute Gasteiger partial charge is 0.250 e. The minimum absolute atomic E-state index is 0.000527. The van der Waals surface area contributed by atoms with Crippen molar-refractivity contribution in [2.75, 3.05) is 18.9 Å². The van der Waals surface area contributed by atoms with Crippen LogP contribution in [-0.4, -0.2) is 52.7 Å². The standard InChI is InChI=1S/C26H39N3O3/c1-18-12-10-13-19(2)21(18)27-23(31)26(15-8-7-9-16-26)28(6)22(30)20-14-11-17-29(20)24(32)25(3,4)5/h10,12-13,20H,7-9,11,14-17H2,1-6H3,(H,27,31). The average Bonchev–Trinajstić information content (AvgIpc) is 3.24. The summed E-state index contributed by atoms with van der Waals surface area (Å²) in [5, 5.41) is 3.16. The largest absolute Gasteiger partial charge is 0.330 e. The van der Waals surface area contributed by atoms with Crippen molar-refractivity contribution < 1.29 is 14.4 Å². The zero-order chi connectivity index (χ0) is 23.7. The molecule has 0 aromatic heterocycles. The molecule has 1 saturated heterocycles. The Morgan fingerprint density at radius 3 is 2.19 bits per heavy atom. The fourth-order valence-electron chi connectivity index (χ4n) is 5.22. The molecule has 0 spiro atoms. The number of likely N-dealkylation sites (N-methyl/N-ethyl adjacent to an activating group) is 1. The molecule has 3 amide bonds. The molecule has 0 bridgehead atoms. The van der Waals surface area contributed by atoms with E-state index in [4.69, 9.17) is 0 Å². The molecule has 176 valence electrons. The second-order valence-corrected chi connectivity index (χ2v) is 10.6. The molecule has 1 aliphatic carbocycles. The van der Waals surface area contributed by atoms with E-state index < -0.39 is 17.0 Å². The molecular formula is C26H39N3O3. The minimum Gasteiger partial charge on any atom is -0.330 e. The highest BCUT2D eigenvalue weighted by atomic mass is 16.2. The number of aryl methyl sites for hydroxylation is 2. The van der Waals surface area contributed by atoms with Crippen LogP contribution in [0.15, 0.2) is 18.2 Å². The number of likely N-dealkylation sites (tertiary alicyclic amines) is 1. The number of para-hydroxylation sites is 1. The van der Waals surface area contributed by atoms with Gasteiger partial charge >= 0.3 is 0 Å². The molecule has 2 aliphatic rings. The van der Waals surface area contributed by atoms with Crippen LogP contribution in [0.4, 0.5) is 5.69 Å². The van der Waals surface area contributed by atoms with Crippen molar-refractivity contribution in [1.82, 2.24) is 9.80 Å². The Labute approximate surface area is 192 Å². The van der Waals surface area contributed by atoms with E-state index in [0.29, 0.717) is 25.8 Å². The summed E-state index contributed by atoms with van der Waals surface area (Å²) >= 11 is 0.